The van der Waals surface area contributed by atoms with Gasteiger partial charge >= 0.3 is 17.1 Å². The Labute approximate surface area is 156 Å². The van der Waals surface area contributed by atoms with Crippen molar-refractivity contribution >= 4 is 11.6 Å². The van der Waals surface area contributed by atoms with Crippen LogP contribution in [-0.4, -0.2) is 17.7 Å². The number of ketones is 2. The molecular formula is C20H20FeO3+2. The van der Waals surface area contributed by atoms with Gasteiger partial charge in [0.15, 0.2) is 11.5 Å². The minimum atomic E-state index is -0.239. The summed E-state index contributed by atoms with van der Waals surface area (Å²) in [6.07, 6.45) is 18.5. The number of Topliss-reactive ketones (excluding diaryl/α,β-unsaturated/α-hetero) is 1. The van der Waals surface area contributed by atoms with Crippen LogP contribution >= 0.6 is 0 Å². The molecule has 0 aromatic rings. The van der Waals surface area contributed by atoms with E-state index in [1.54, 1.807) is 6.92 Å². The SMILES string of the molecule is CC1=CC(=O)C(OC(C)C)=C([C]2[CH][CH][CH][CH]2)C1=O.[CH]1[CH][CH][CH][CH]1.[Fe+2]. The normalized spacial score (nSPS) is 21.4. The molecule has 2 saturated carbocycles. The molecule has 3 nitrogen and oxygen atoms in total. The molecule has 0 saturated heterocycles. The zero-order valence-electron chi connectivity index (χ0n) is 13.9. The maximum absolute atomic E-state index is 12.2. The maximum Gasteiger partial charge on any atom is 2.00 e. The Balaban J connectivity index is 0.000000412. The molecule has 0 aliphatic heterocycles. The Kier molecular flexibility index (Phi) is 9.01. The fourth-order valence-corrected chi connectivity index (χ4v) is 2.23. The summed E-state index contributed by atoms with van der Waals surface area (Å²) in [6.45, 7) is 5.31. The Morgan fingerprint density at radius 3 is 1.83 bits per heavy atom. The van der Waals surface area contributed by atoms with Gasteiger partial charge in [-0.2, -0.15) is 0 Å². The molecule has 3 rings (SSSR count). The molecule has 0 spiro atoms. The maximum atomic E-state index is 12.2. The number of carbonyl (C=O) groups is 2. The van der Waals surface area contributed by atoms with Gasteiger partial charge in [0.05, 0.1) is 11.7 Å². The van der Waals surface area contributed by atoms with Crippen molar-refractivity contribution in [1.82, 2.24) is 0 Å². The van der Waals surface area contributed by atoms with E-state index in [0.29, 0.717) is 11.1 Å². The second-order valence-electron chi connectivity index (χ2n) is 5.53. The largest absolute Gasteiger partial charge is 2.00 e. The fraction of sp³-hybridized carbons (Fsp3) is 0.200. The molecule has 124 valence electrons. The molecule has 0 aromatic carbocycles. The summed E-state index contributed by atoms with van der Waals surface area (Å²) in [4.78, 5) is 24.2. The zero-order chi connectivity index (χ0) is 16.8. The molecule has 0 amide bonds. The first-order valence-corrected chi connectivity index (χ1v) is 7.57. The molecule has 0 heterocycles. The van der Waals surface area contributed by atoms with Crippen molar-refractivity contribution < 1.29 is 31.4 Å². The van der Waals surface area contributed by atoms with Crippen LogP contribution in [0.4, 0.5) is 0 Å². The van der Waals surface area contributed by atoms with Gasteiger partial charge in [-0.15, -0.1) is 0 Å². The van der Waals surface area contributed by atoms with Gasteiger partial charge in [0.1, 0.15) is 0 Å². The average molecular weight is 364 g/mol. The quantitative estimate of drug-likeness (QED) is 0.571. The second kappa shape index (κ2) is 10.2. The van der Waals surface area contributed by atoms with Crippen molar-refractivity contribution in [2.45, 2.75) is 26.9 Å². The average Bonchev–Trinajstić information content (AvgIpc) is 3.20. The third-order valence-electron chi connectivity index (χ3n) is 3.24. The van der Waals surface area contributed by atoms with Crippen LogP contribution in [0.2, 0.25) is 0 Å². The summed E-state index contributed by atoms with van der Waals surface area (Å²) in [6, 6.07) is 0. The van der Waals surface area contributed by atoms with E-state index < -0.39 is 0 Å². The molecule has 0 atom stereocenters. The van der Waals surface area contributed by atoms with Crippen molar-refractivity contribution in [2.75, 3.05) is 0 Å². The van der Waals surface area contributed by atoms with Gasteiger partial charge in [0.25, 0.3) is 0 Å². The first kappa shape index (κ1) is 21.2. The number of hydrogen-bond acceptors (Lipinski definition) is 3. The number of hydrogen-bond donors (Lipinski definition) is 0. The van der Waals surface area contributed by atoms with E-state index in [-0.39, 0.29) is 40.5 Å². The Morgan fingerprint density at radius 1 is 0.875 bits per heavy atom. The first-order valence-electron chi connectivity index (χ1n) is 7.57. The Hall–Kier alpha value is -0.861. The van der Waals surface area contributed by atoms with Crippen LogP contribution in [0.1, 0.15) is 20.8 Å². The summed E-state index contributed by atoms with van der Waals surface area (Å²) in [5.41, 5.74) is 0.825. The standard InChI is InChI=1S/C15H15O3.C5H5.Fe/c1-9(2)18-15-12(16)8-10(3)14(17)13(15)11-6-4-5-7-11;1-2-4-5-3-1;/h4-9H,1-3H3;1-5H;/q;;+2. The van der Waals surface area contributed by atoms with E-state index in [9.17, 15) is 9.59 Å². The van der Waals surface area contributed by atoms with Crippen LogP contribution in [0.25, 0.3) is 0 Å². The molecule has 3 aliphatic carbocycles. The van der Waals surface area contributed by atoms with Crippen molar-refractivity contribution in [2.24, 2.45) is 0 Å². The van der Waals surface area contributed by atoms with Gasteiger partial charge in [-0.05, 0) is 84.6 Å². The predicted octanol–water partition coefficient (Wildman–Crippen LogP) is 3.19. The molecule has 0 bridgehead atoms. The van der Waals surface area contributed by atoms with Crippen molar-refractivity contribution in [3.05, 3.63) is 86.7 Å². The summed E-state index contributed by atoms with van der Waals surface area (Å²) in [5, 5.41) is 0. The molecule has 24 heavy (non-hydrogen) atoms. The minimum absolute atomic E-state index is 0. The van der Waals surface area contributed by atoms with E-state index in [1.807, 2.05) is 71.6 Å². The molecule has 3 aliphatic rings. The van der Waals surface area contributed by atoms with Crippen LogP contribution in [0.15, 0.2) is 23.0 Å². The van der Waals surface area contributed by atoms with E-state index >= 15 is 0 Å². The van der Waals surface area contributed by atoms with Crippen molar-refractivity contribution in [1.29, 1.82) is 0 Å². The van der Waals surface area contributed by atoms with Crippen LogP contribution < -0.4 is 0 Å². The number of ether oxygens (including phenoxy) is 1. The van der Waals surface area contributed by atoms with Crippen molar-refractivity contribution in [3.8, 4) is 0 Å². The molecule has 4 heteroatoms. The minimum Gasteiger partial charge on any atom is -0.486 e. The zero-order valence-corrected chi connectivity index (χ0v) is 15.0. The van der Waals surface area contributed by atoms with Gasteiger partial charge in [-0.1, -0.05) is 0 Å². The van der Waals surface area contributed by atoms with E-state index in [0.717, 1.165) is 5.92 Å². The fourth-order valence-electron chi connectivity index (χ4n) is 2.23. The third kappa shape index (κ3) is 5.60. The second-order valence-corrected chi connectivity index (χ2v) is 5.53. The molecule has 0 aromatic heterocycles. The van der Waals surface area contributed by atoms with Gasteiger partial charge in [-0.3, -0.25) is 9.59 Å². The van der Waals surface area contributed by atoms with Crippen LogP contribution in [0.3, 0.4) is 0 Å². The van der Waals surface area contributed by atoms with E-state index in [1.165, 1.54) is 6.08 Å². The monoisotopic (exact) mass is 364 g/mol. The van der Waals surface area contributed by atoms with Gasteiger partial charge in [0.2, 0.25) is 5.78 Å². The van der Waals surface area contributed by atoms with Crippen LogP contribution in [0.5, 0.6) is 0 Å². The summed E-state index contributed by atoms with van der Waals surface area (Å²) >= 11 is 0. The first-order chi connectivity index (χ1) is 11.0. The predicted molar refractivity (Wildman–Crippen MR) is 89.0 cm³/mol. The van der Waals surface area contributed by atoms with Gasteiger partial charge in [-0.25, -0.2) is 0 Å². The molecule has 0 N–H and O–H groups in total. The van der Waals surface area contributed by atoms with Crippen molar-refractivity contribution in [3.63, 3.8) is 0 Å². The van der Waals surface area contributed by atoms with Crippen LogP contribution in [0, 0.1) is 63.7 Å². The number of carbonyl (C=O) groups excluding carboxylic acids is 2. The topological polar surface area (TPSA) is 43.4 Å². The number of allylic oxidation sites excluding steroid dienone is 3. The van der Waals surface area contributed by atoms with Gasteiger partial charge in [0, 0.05) is 11.5 Å². The van der Waals surface area contributed by atoms with E-state index in [2.05, 4.69) is 0 Å². The molecule has 2 fully saturated rings. The molecule has 10 radical (unpaired) electrons. The third-order valence-corrected chi connectivity index (χ3v) is 3.24. The van der Waals surface area contributed by atoms with Gasteiger partial charge < -0.3 is 4.74 Å². The molecule has 0 unspecified atom stereocenters. The summed E-state index contributed by atoms with van der Waals surface area (Å²) in [7, 11) is 0. The van der Waals surface area contributed by atoms with Crippen LogP contribution in [-0.2, 0) is 31.4 Å². The Bertz CT molecular complexity index is 499. The smallest absolute Gasteiger partial charge is 0.486 e. The van der Waals surface area contributed by atoms with E-state index in [4.69, 9.17) is 4.74 Å². The summed E-state index contributed by atoms with van der Waals surface area (Å²) < 4.78 is 5.52. The molecular weight excluding hydrogens is 344 g/mol. The summed E-state index contributed by atoms with van der Waals surface area (Å²) in [5.74, 6) is 0.511. The number of rotatable bonds is 3. The Morgan fingerprint density at radius 2 is 1.38 bits per heavy atom.